The standard InChI is InChI=1S/C25H21N5O2/c31-25(26-14-19-15-27-30(16-19)21-8-2-1-3-9-21)22-10-4-5-11-23(22)32-18-20-17-29-13-7-6-12-24(29)28-20/h1-13,15-17H,14,18H2,(H,26,31). The van der Waals surface area contributed by atoms with Crippen molar-refractivity contribution in [3.63, 3.8) is 0 Å². The van der Waals surface area contributed by atoms with Crippen LogP contribution in [0.2, 0.25) is 0 Å². The Labute approximate surface area is 184 Å². The third-order valence-electron chi connectivity index (χ3n) is 5.03. The number of carbonyl (C=O) groups is 1. The van der Waals surface area contributed by atoms with E-state index >= 15 is 0 Å². The van der Waals surface area contributed by atoms with E-state index in [2.05, 4.69) is 15.4 Å². The molecule has 0 bridgehead atoms. The van der Waals surface area contributed by atoms with Crippen molar-refractivity contribution in [2.45, 2.75) is 13.2 Å². The van der Waals surface area contributed by atoms with Crippen LogP contribution in [-0.2, 0) is 13.2 Å². The lowest BCUT2D eigenvalue weighted by Gasteiger charge is -2.10. The van der Waals surface area contributed by atoms with Crippen LogP contribution in [0, 0.1) is 0 Å². The molecule has 0 atom stereocenters. The molecule has 0 radical (unpaired) electrons. The van der Waals surface area contributed by atoms with Gasteiger partial charge in [-0.2, -0.15) is 5.10 Å². The van der Waals surface area contributed by atoms with Crippen molar-refractivity contribution in [3.05, 3.63) is 114 Å². The van der Waals surface area contributed by atoms with Gasteiger partial charge >= 0.3 is 0 Å². The van der Waals surface area contributed by atoms with Crippen molar-refractivity contribution >= 4 is 11.6 Å². The van der Waals surface area contributed by atoms with E-state index in [0.717, 1.165) is 22.6 Å². The number of fused-ring (bicyclic) bond motifs is 1. The number of nitrogens with one attached hydrogen (secondary N) is 1. The summed E-state index contributed by atoms with van der Waals surface area (Å²) in [6.45, 7) is 0.641. The molecular weight excluding hydrogens is 402 g/mol. The number of carbonyl (C=O) groups excluding carboxylic acids is 1. The van der Waals surface area contributed by atoms with Crippen molar-refractivity contribution in [2.75, 3.05) is 0 Å². The highest BCUT2D eigenvalue weighted by Gasteiger charge is 2.13. The first kappa shape index (κ1) is 19.6. The van der Waals surface area contributed by atoms with E-state index in [1.165, 1.54) is 0 Å². The summed E-state index contributed by atoms with van der Waals surface area (Å²) in [4.78, 5) is 17.4. The number of amides is 1. The van der Waals surface area contributed by atoms with Gasteiger partial charge in [0.1, 0.15) is 18.0 Å². The number of hydrogen-bond donors (Lipinski definition) is 1. The second-order valence-electron chi connectivity index (χ2n) is 7.29. The molecular formula is C25H21N5O2. The average Bonchev–Trinajstić information content (AvgIpc) is 3.49. The normalized spacial score (nSPS) is 10.9. The lowest BCUT2D eigenvalue weighted by atomic mass is 10.2. The van der Waals surface area contributed by atoms with Crippen LogP contribution in [0.1, 0.15) is 21.6 Å². The predicted molar refractivity (Wildman–Crippen MR) is 121 cm³/mol. The quantitative estimate of drug-likeness (QED) is 0.429. The highest BCUT2D eigenvalue weighted by molar-refractivity contribution is 5.96. The van der Waals surface area contributed by atoms with E-state index in [1.807, 2.05) is 83.7 Å². The Kier molecular flexibility index (Phi) is 5.36. The van der Waals surface area contributed by atoms with Crippen LogP contribution >= 0.6 is 0 Å². The Hall–Kier alpha value is -4.39. The molecule has 0 saturated heterocycles. The number of ether oxygens (including phenoxy) is 1. The van der Waals surface area contributed by atoms with Crippen LogP contribution in [0.3, 0.4) is 0 Å². The summed E-state index contributed by atoms with van der Waals surface area (Å²) < 4.78 is 9.66. The minimum atomic E-state index is -0.205. The third kappa shape index (κ3) is 4.22. The van der Waals surface area contributed by atoms with Gasteiger partial charge in [0, 0.05) is 30.7 Å². The summed E-state index contributed by atoms with van der Waals surface area (Å²) in [7, 11) is 0. The molecule has 3 heterocycles. The average molecular weight is 423 g/mol. The Morgan fingerprint density at radius 2 is 1.75 bits per heavy atom. The Morgan fingerprint density at radius 3 is 2.62 bits per heavy atom. The van der Waals surface area contributed by atoms with Crippen LogP contribution in [0.5, 0.6) is 5.75 Å². The van der Waals surface area contributed by atoms with E-state index in [-0.39, 0.29) is 12.5 Å². The van der Waals surface area contributed by atoms with E-state index in [9.17, 15) is 4.79 Å². The van der Waals surface area contributed by atoms with E-state index < -0.39 is 0 Å². The molecule has 0 fully saturated rings. The smallest absolute Gasteiger partial charge is 0.255 e. The van der Waals surface area contributed by atoms with Gasteiger partial charge in [0.05, 0.1) is 23.1 Å². The number of rotatable bonds is 7. The molecule has 32 heavy (non-hydrogen) atoms. The fourth-order valence-corrected chi connectivity index (χ4v) is 3.44. The van der Waals surface area contributed by atoms with Crippen molar-refractivity contribution < 1.29 is 9.53 Å². The maximum Gasteiger partial charge on any atom is 0.255 e. The molecule has 5 rings (SSSR count). The van der Waals surface area contributed by atoms with Crippen LogP contribution in [0.4, 0.5) is 0 Å². The first-order valence-corrected chi connectivity index (χ1v) is 10.3. The van der Waals surface area contributed by atoms with Crippen LogP contribution in [0.15, 0.2) is 97.6 Å². The summed E-state index contributed by atoms with van der Waals surface area (Å²) in [5, 5.41) is 7.32. The largest absolute Gasteiger partial charge is 0.486 e. The summed E-state index contributed by atoms with van der Waals surface area (Å²) in [5.41, 5.74) is 4.00. The molecule has 1 amide bonds. The molecule has 0 unspecified atom stereocenters. The minimum Gasteiger partial charge on any atom is -0.486 e. The molecule has 3 aromatic heterocycles. The zero-order valence-corrected chi connectivity index (χ0v) is 17.3. The number of nitrogens with zero attached hydrogens (tertiary/aromatic N) is 4. The minimum absolute atomic E-state index is 0.205. The van der Waals surface area contributed by atoms with Crippen molar-refractivity contribution in [1.82, 2.24) is 24.5 Å². The molecule has 7 heteroatoms. The van der Waals surface area contributed by atoms with E-state index in [0.29, 0.717) is 17.9 Å². The molecule has 2 aromatic carbocycles. The second-order valence-corrected chi connectivity index (χ2v) is 7.29. The number of imidazole rings is 1. The molecule has 5 aromatic rings. The summed E-state index contributed by atoms with van der Waals surface area (Å²) in [6.07, 6.45) is 7.51. The lowest BCUT2D eigenvalue weighted by molar-refractivity contribution is 0.0946. The van der Waals surface area contributed by atoms with Gasteiger partial charge in [-0.3, -0.25) is 4.79 Å². The zero-order valence-electron chi connectivity index (χ0n) is 17.3. The zero-order chi connectivity index (χ0) is 21.8. The third-order valence-corrected chi connectivity index (χ3v) is 5.03. The van der Waals surface area contributed by atoms with Gasteiger partial charge in [0.25, 0.3) is 5.91 Å². The lowest BCUT2D eigenvalue weighted by Crippen LogP contribution is -2.23. The van der Waals surface area contributed by atoms with Crippen molar-refractivity contribution in [3.8, 4) is 11.4 Å². The predicted octanol–water partition coefficient (Wildman–Crippen LogP) is 4.03. The van der Waals surface area contributed by atoms with E-state index in [1.54, 1.807) is 23.0 Å². The van der Waals surface area contributed by atoms with Gasteiger partial charge < -0.3 is 14.5 Å². The monoisotopic (exact) mass is 423 g/mol. The fourth-order valence-electron chi connectivity index (χ4n) is 3.44. The van der Waals surface area contributed by atoms with Gasteiger partial charge in [0.2, 0.25) is 0 Å². The Bertz CT molecular complexity index is 1320. The number of para-hydroxylation sites is 2. The Balaban J connectivity index is 1.24. The first-order chi connectivity index (χ1) is 15.8. The molecule has 158 valence electrons. The second kappa shape index (κ2) is 8.77. The van der Waals surface area contributed by atoms with Crippen LogP contribution in [0.25, 0.3) is 11.3 Å². The maximum atomic E-state index is 12.8. The number of hydrogen-bond acceptors (Lipinski definition) is 4. The molecule has 0 aliphatic carbocycles. The molecule has 7 nitrogen and oxygen atoms in total. The number of pyridine rings is 1. The highest BCUT2D eigenvalue weighted by Crippen LogP contribution is 2.20. The number of aromatic nitrogens is 4. The summed E-state index contributed by atoms with van der Waals surface area (Å²) in [6, 6.07) is 22.9. The maximum absolute atomic E-state index is 12.8. The van der Waals surface area contributed by atoms with Crippen LogP contribution < -0.4 is 10.1 Å². The van der Waals surface area contributed by atoms with Crippen molar-refractivity contribution in [2.24, 2.45) is 0 Å². The SMILES string of the molecule is O=C(NCc1cnn(-c2ccccc2)c1)c1ccccc1OCc1cn2ccccc2n1. The van der Waals surface area contributed by atoms with Gasteiger partial charge in [-0.15, -0.1) is 0 Å². The summed E-state index contributed by atoms with van der Waals surface area (Å²) >= 11 is 0. The Morgan fingerprint density at radius 1 is 0.938 bits per heavy atom. The summed E-state index contributed by atoms with van der Waals surface area (Å²) in [5.74, 6) is 0.310. The van der Waals surface area contributed by atoms with Gasteiger partial charge in [0.15, 0.2) is 0 Å². The topological polar surface area (TPSA) is 73.5 Å². The number of benzene rings is 2. The van der Waals surface area contributed by atoms with Gasteiger partial charge in [-0.05, 0) is 36.4 Å². The highest BCUT2D eigenvalue weighted by atomic mass is 16.5. The fraction of sp³-hybridized carbons (Fsp3) is 0.0800. The van der Waals surface area contributed by atoms with Crippen LogP contribution in [-0.4, -0.2) is 25.1 Å². The molecule has 0 aliphatic heterocycles. The molecule has 0 aliphatic rings. The first-order valence-electron chi connectivity index (χ1n) is 10.3. The van der Waals surface area contributed by atoms with Gasteiger partial charge in [-0.1, -0.05) is 36.4 Å². The molecule has 1 N–H and O–H groups in total. The molecule has 0 spiro atoms. The van der Waals surface area contributed by atoms with E-state index in [4.69, 9.17) is 4.74 Å². The van der Waals surface area contributed by atoms with Crippen molar-refractivity contribution in [1.29, 1.82) is 0 Å². The van der Waals surface area contributed by atoms with Gasteiger partial charge in [-0.25, -0.2) is 9.67 Å². The molecule has 0 saturated carbocycles.